The van der Waals surface area contributed by atoms with Gasteiger partial charge in [-0.25, -0.2) is 4.79 Å². The highest BCUT2D eigenvalue weighted by atomic mass is 32.2. The lowest BCUT2D eigenvalue weighted by atomic mass is 10.0. The summed E-state index contributed by atoms with van der Waals surface area (Å²) in [5.74, 6) is -0.506. The van der Waals surface area contributed by atoms with Crippen molar-refractivity contribution in [2.24, 2.45) is 4.99 Å². The van der Waals surface area contributed by atoms with Crippen LogP contribution in [0, 0.1) is 0 Å². The fourth-order valence-electron chi connectivity index (χ4n) is 4.12. The number of urea groups is 1. The van der Waals surface area contributed by atoms with Gasteiger partial charge in [0.1, 0.15) is 5.75 Å². The lowest BCUT2D eigenvalue weighted by Crippen LogP contribution is -2.41. The number of benzene rings is 3. The van der Waals surface area contributed by atoms with Gasteiger partial charge in [0.2, 0.25) is 17.7 Å². The molecular formula is C29H22F5N5O4S. The third kappa shape index (κ3) is 6.56. The third-order valence-corrected chi connectivity index (χ3v) is 7.17. The highest BCUT2D eigenvalue weighted by Gasteiger charge is 2.61. The van der Waals surface area contributed by atoms with E-state index < -0.39 is 24.1 Å². The number of aliphatic imine (C=N–C) groups is 1. The molecule has 1 aliphatic rings. The zero-order valence-corrected chi connectivity index (χ0v) is 23.7. The number of halogens is 5. The number of nitrogens with one attached hydrogen (secondary N) is 1. The molecule has 0 aliphatic carbocycles. The van der Waals surface area contributed by atoms with Crippen molar-refractivity contribution in [3.8, 4) is 28.7 Å². The quantitative estimate of drug-likeness (QED) is 0.208. The number of hydrogen-bond donors (Lipinski definition) is 1. The number of nitrogens with zero attached hydrogens (tertiary/aromatic N) is 4. The zero-order valence-electron chi connectivity index (χ0n) is 22.9. The van der Waals surface area contributed by atoms with Crippen LogP contribution in [-0.4, -0.2) is 45.3 Å². The molecule has 44 heavy (non-hydrogen) atoms. The third-order valence-electron chi connectivity index (χ3n) is 6.25. The zero-order chi connectivity index (χ0) is 31.6. The van der Waals surface area contributed by atoms with E-state index in [1.807, 2.05) is 38.1 Å². The Kier molecular flexibility index (Phi) is 8.41. The maximum atomic E-state index is 13.1. The van der Waals surface area contributed by atoms with Crippen LogP contribution in [-0.2, 0) is 4.79 Å². The van der Waals surface area contributed by atoms with Crippen LogP contribution in [0.25, 0.3) is 22.9 Å². The van der Waals surface area contributed by atoms with Crippen molar-refractivity contribution in [1.82, 2.24) is 10.2 Å². The summed E-state index contributed by atoms with van der Waals surface area (Å²) in [5, 5.41) is 10.7. The summed E-state index contributed by atoms with van der Waals surface area (Å²) < 4.78 is 72.7. The lowest BCUT2D eigenvalue weighted by Gasteiger charge is -2.21. The summed E-state index contributed by atoms with van der Waals surface area (Å²) in [5.41, 5.74) is 2.76. The molecule has 3 amide bonds. The molecule has 2 heterocycles. The van der Waals surface area contributed by atoms with Gasteiger partial charge >= 0.3 is 18.3 Å². The number of amides is 3. The van der Waals surface area contributed by atoms with Crippen LogP contribution in [0.15, 0.2) is 82.2 Å². The summed E-state index contributed by atoms with van der Waals surface area (Å²) in [6.07, 6.45) is -11.2. The molecule has 9 nitrogen and oxygen atoms in total. The molecule has 1 aromatic heterocycles. The molecule has 0 atom stereocenters. The summed E-state index contributed by atoms with van der Waals surface area (Å²) >= 11 is 1.17. The number of hydrogen-bond acceptors (Lipinski definition) is 7. The van der Waals surface area contributed by atoms with Crippen LogP contribution in [0.2, 0.25) is 0 Å². The topological polar surface area (TPSA) is 110 Å². The van der Waals surface area contributed by atoms with Gasteiger partial charge in [-0.3, -0.25) is 9.69 Å². The number of anilines is 2. The molecule has 228 valence electrons. The first kappa shape index (κ1) is 30.7. The van der Waals surface area contributed by atoms with E-state index in [0.717, 1.165) is 17.7 Å². The molecule has 1 aliphatic heterocycles. The van der Waals surface area contributed by atoms with Crippen molar-refractivity contribution in [3.05, 3.63) is 78.4 Å². The number of rotatable bonds is 7. The molecule has 5 rings (SSSR count). The molecule has 0 unspecified atom stereocenters. The standard InChI is InChI=1S/C29H22F5N5O4S/c1-16(2)21-5-3-4-6-22(21)39-23(40)15-44-27(39)36-26(41)35-19-11-7-17(8-12-19)24-37-38-25(42-24)18-9-13-20(14-10-18)43-29(33,34)28(30,31)32/h3-14,16H,15H2,1-2H3,(H,35,41). The molecule has 3 aromatic carbocycles. The predicted molar refractivity (Wildman–Crippen MR) is 154 cm³/mol. The Morgan fingerprint density at radius 3 is 2.14 bits per heavy atom. The van der Waals surface area contributed by atoms with Crippen molar-refractivity contribution in [2.75, 3.05) is 16.0 Å². The molecule has 15 heteroatoms. The fourth-order valence-corrected chi connectivity index (χ4v) is 4.98. The average molecular weight is 632 g/mol. The largest absolute Gasteiger partial charge is 0.499 e. The van der Waals surface area contributed by atoms with Crippen molar-refractivity contribution >= 4 is 40.2 Å². The van der Waals surface area contributed by atoms with E-state index in [2.05, 4.69) is 25.2 Å². The van der Waals surface area contributed by atoms with Gasteiger partial charge < -0.3 is 14.5 Å². The second-order valence-corrected chi connectivity index (χ2v) is 10.6. The molecule has 1 N–H and O–H groups in total. The second-order valence-electron chi connectivity index (χ2n) is 9.69. The van der Waals surface area contributed by atoms with Crippen LogP contribution in [0.3, 0.4) is 0 Å². The van der Waals surface area contributed by atoms with Crippen LogP contribution in [0.5, 0.6) is 5.75 Å². The Bertz CT molecular complexity index is 1710. The minimum Gasteiger partial charge on any atom is -0.426 e. The number of para-hydroxylation sites is 1. The summed E-state index contributed by atoms with van der Waals surface area (Å²) in [6.45, 7) is 4.02. The van der Waals surface area contributed by atoms with E-state index in [-0.39, 0.29) is 40.1 Å². The highest BCUT2D eigenvalue weighted by Crippen LogP contribution is 2.38. The van der Waals surface area contributed by atoms with E-state index in [0.29, 0.717) is 16.9 Å². The number of thioether (sulfide) groups is 1. The van der Waals surface area contributed by atoms with Crippen molar-refractivity contribution in [3.63, 3.8) is 0 Å². The number of carbonyl (C=O) groups excluding carboxylic acids is 2. The van der Waals surface area contributed by atoms with Gasteiger partial charge in [0, 0.05) is 16.8 Å². The first-order chi connectivity index (χ1) is 20.8. The highest BCUT2D eigenvalue weighted by molar-refractivity contribution is 8.15. The van der Waals surface area contributed by atoms with Gasteiger partial charge in [-0.05, 0) is 66.1 Å². The van der Waals surface area contributed by atoms with E-state index in [9.17, 15) is 31.5 Å². The van der Waals surface area contributed by atoms with Crippen LogP contribution >= 0.6 is 11.8 Å². The number of aromatic nitrogens is 2. The lowest BCUT2D eigenvalue weighted by molar-refractivity contribution is -0.360. The molecule has 4 aromatic rings. The van der Waals surface area contributed by atoms with Gasteiger partial charge in [0.25, 0.3) is 0 Å². The second kappa shape index (κ2) is 12.1. The molecule has 0 radical (unpaired) electrons. The molecule has 0 bridgehead atoms. The van der Waals surface area contributed by atoms with Crippen molar-refractivity contribution in [2.45, 2.75) is 32.1 Å². The Balaban J connectivity index is 1.25. The summed E-state index contributed by atoms with van der Waals surface area (Å²) in [4.78, 5) is 31.0. The minimum atomic E-state index is -5.87. The van der Waals surface area contributed by atoms with E-state index in [1.54, 1.807) is 24.3 Å². The van der Waals surface area contributed by atoms with E-state index >= 15 is 0 Å². The summed E-state index contributed by atoms with van der Waals surface area (Å²) in [6, 6.07) is 17.3. The van der Waals surface area contributed by atoms with Crippen LogP contribution in [0.1, 0.15) is 25.3 Å². The Morgan fingerprint density at radius 1 is 0.955 bits per heavy atom. The van der Waals surface area contributed by atoms with Gasteiger partial charge in [-0.2, -0.15) is 26.9 Å². The Morgan fingerprint density at radius 2 is 1.55 bits per heavy atom. The van der Waals surface area contributed by atoms with Gasteiger partial charge in [0.05, 0.1) is 11.4 Å². The predicted octanol–water partition coefficient (Wildman–Crippen LogP) is 7.73. The van der Waals surface area contributed by atoms with Gasteiger partial charge in [0.15, 0.2) is 5.17 Å². The van der Waals surface area contributed by atoms with E-state index in [1.165, 1.54) is 28.8 Å². The summed E-state index contributed by atoms with van der Waals surface area (Å²) in [7, 11) is 0. The van der Waals surface area contributed by atoms with Crippen LogP contribution < -0.4 is 15.0 Å². The fraction of sp³-hybridized carbons (Fsp3) is 0.207. The number of alkyl halides is 5. The number of amidine groups is 1. The van der Waals surface area contributed by atoms with Gasteiger partial charge in [-0.1, -0.05) is 43.8 Å². The van der Waals surface area contributed by atoms with Crippen LogP contribution in [0.4, 0.5) is 38.1 Å². The number of carbonyl (C=O) groups is 2. The van der Waals surface area contributed by atoms with Crippen molar-refractivity contribution < 1.29 is 40.7 Å². The maximum Gasteiger partial charge on any atom is 0.499 e. The maximum absolute atomic E-state index is 13.1. The number of ether oxygens (including phenoxy) is 1. The monoisotopic (exact) mass is 631 g/mol. The normalized spacial score (nSPS) is 14.9. The molecule has 0 spiro atoms. The van der Waals surface area contributed by atoms with E-state index in [4.69, 9.17) is 4.42 Å². The Hall–Kier alpha value is -4.79. The Labute approximate surface area is 251 Å². The smallest absolute Gasteiger partial charge is 0.426 e. The molecule has 1 fully saturated rings. The average Bonchev–Trinajstić information content (AvgIpc) is 3.60. The van der Waals surface area contributed by atoms with Crippen molar-refractivity contribution in [1.29, 1.82) is 0 Å². The minimum absolute atomic E-state index is 0.0189. The SMILES string of the molecule is CC(C)c1ccccc1N1C(=O)CSC1=NC(=O)Nc1ccc(-c2nnc(-c3ccc(OC(F)(F)C(F)(F)F)cc3)o2)cc1. The van der Waals surface area contributed by atoms with Gasteiger partial charge in [-0.15, -0.1) is 10.2 Å². The first-order valence-corrected chi connectivity index (χ1v) is 13.9. The molecular weight excluding hydrogens is 609 g/mol. The molecule has 1 saturated heterocycles. The molecule has 0 saturated carbocycles. The first-order valence-electron chi connectivity index (χ1n) is 12.9.